The lowest BCUT2D eigenvalue weighted by molar-refractivity contribution is 0.0530. The Morgan fingerprint density at radius 2 is 2.40 bits per heavy atom. The summed E-state index contributed by atoms with van der Waals surface area (Å²) in [7, 11) is 0. The summed E-state index contributed by atoms with van der Waals surface area (Å²) in [6.45, 7) is 2.39. The molecule has 1 heterocycles. The number of ether oxygens (including phenoxy) is 1. The van der Waals surface area contributed by atoms with Gasteiger partial charge in [-0.25, -0.2) is 0 Å². The van der Waals surface area contributed by atoms with Crippen LogP contribution in [0.15, 0.2) is 18.2 Å². The minimum Gasteiger partial charge on any atom is -0.493 e. The third-order valence-electron chi connectivity index (χ3n) is 2.74. The number of nitrogens with zero attached hydrogens (tertiary/aromatic N) is 1. The van der Waals surface area contributed by atoms with E-state index in [1.165, 1.54) is 0 Å². The molecule has 0 aliphatic carbocycles. The second kappa shape index (κ2) is 3.92. The van der Waals surface area contributed by atoms with Crippen molar-refractivity contribution in [2.24, 2.45) is 5.92 Å². The minimum absolute atomic E-state index is 0.107. The number of aliphatic hydroxyl groups excluding tert-OH is 1. The van der Waals surface area contributed by atoms with Gasteiger partial charge in [0.1, 0.15) is 5.75 Å². The largest absolute Gasteiger partial charge is 0.493 e. The molecule has 1 aliphatic rings. The maximum atomic E-state index is 10.0. The molecular weight excluding hydrogens is 190 g/mol. The molecule has 1 N–H and O–H groups in total. The van der Waals surface area contributed by atoms with Crippen LogP contribution in [-0.4, -0.2) is 11.7 Å². The molecule has 2 atom stereocenters. The van der Waals surface area contributed by atoms with E-state index >= 15 is 0 Å². The fourth-order valence-corrected chi connectivity index (χ4v) is 1.86. The molecule has 0 saturated heterocycles. The van der Waals surface area contributed by atoms with E-state index in [0.717, 1.165) is 16.9 Å². The first-order valence-corrected chi connectivity index (χ1v) is 5.00. The van der Waals surface area contributed by atoms with E-state index in [0.29, 0.717) is 13.0 Å². The van der Waals surface area contributed by atoms with E-state index < -0.39 is 6.10 Å². The predicted octanol–water partition coefficient (Wildman–Crippen LogP) is 1.95. The summed E-state index contributed by atoms with van der Waals surface area (Å²) < 4.78 is 5.50. The second-order valence-electron chi connectivity index (χ2n) is 3.92. The molecule has 1 aromatic carbocycles. The number of fused-ring (bicyclic) bond motifs is 1. The van der Waals surface area contributed by atoms with Gasteiger partial charge >= 0.3 is 0 Å². The predicted molar refractivity (Wildman–Crippen MR) is 55.4 cm³/mol. The molecule has 1 aromatic rings. The number of aryl methyl sites for hydroxylation is 1. The Kier molecular flexibility index (Phi) is 2.61. The molecule has 1 aliphatic heterocycles. The fraction of sp³-hybridized carbons (Fsp3) is 0.417. The Bertz CT molecular complexity index is 409. The average molecular weight is 203 g/mol. The first-order valence-electron chi connectivity index (χ1n) is 5.00. The van der Waals surface area contributed by atoms with Gasteiger partial charge in [0.2, 0.25) is 0 Å². The van der Waals surface area contributed by atoms with Gasteiger partial charge in [-0.2, -0.15) is 5.26 Å². The number of hydrogen-bond acceptors (Lipinski definition) is 3. The van der Waals surface area contributed by atoms with E-state index in [2.05, 4.69) is 6.07 Å². The van der Waals surface area contributed by atoms with Crippen molar-refractivity contribution in [2.45, 2.75) is 19.4 Å². The standard InChI is InChI=1S/C12H13NO2/c1-8-2-3-11-10(6-8)12(14)9(4-5-13)7-15-11/h2-3,6,9,12,14H,4,7H2,1H3/t9-,12-/m0/s1. The highest BCUT2D eigenvalue weighted by molar-refractivity contribution is 5.40. The van der Waals surface area contributed by atoms with Crippen LogP contribution in [0, 0.1) is 24.2 Å². The Balaban J connectivity index is 2.32. The van der Waals surface area contributed by atoms with Gasteiger partial charge in [-0.3, -0.25) is 0 Å². The van der Waals surface area contributed by atoms with Gasteiger partial charge in [0, 0.05) is 17.9 Å². The van der Waals surface area contributed by atoms with E-state index in [4.69, 9.17) is 10.00 Å². The van der Waals surface area contributed by atoms with Crippen molar-refractivity contribution < 1.29 is 9.84 Å². The number of rotatable bonds is 1. The third-order valence-corrected chi connectivity index (χ3v) is 2.74. The van der Waals surface area contributed by atoms with Crippen molar-refractivity contribution in [2.75, 3.05) is 6.61 Å². The number of aliphatic hydroxyl groups is 1. The van der Waals surface area contributed by atoms with Gasteiger partial charge in [0.25, 0.3) is 0 Å². The van der Waals surface area contributed by atoms with E-state index in [9.17, 15) is 5.11 Å². The minimum atomic E-state index is -0.576. The smallest absolute Gasteiger partial charge is 0.125 e. The van der Waals surface area contributed by atoms with Crippen LogP contribution < -0.4 is 4.74 Å². The van der Waals surface area contributed by atoms with Gasteiger partial charge in [0.15, 0.2) is 0 Å². The summed E-state index contributed by atoms with van der Waals surface area (Å²) in [5.74, 6) is 0.631. The summed E-state index contributed by atoms with van der Waals surface area (Å²) in [6.07, 6.45) is -0.248. The van der Waals surface area contributed by atoms with Crippen molar-refractivity contribution in [3.05, 3.63) is 29.3 Å². The fourth-order valence-electron chi connectivity index (χ4n) is 1.86. The first-order chi connectivity index (χ1) is 7.22. The van der Waals surface area contributed by atoms with Gasteiger partial charge in [-0.15, -0.1) is 0 Å². The van der Waals surface area contributed by atoms with Crippen LogP contribution in [0.3, 0.4) is 0 Å². The zero-order chi connectivity index (χ0) is 10.8. The topological polar surface area (TPSA) is 53.2 Å². The highest BCUT2D eigenvalue weighted by atomic mass is 16.5. The van der Waals surface area contributed by atoms with Crippen LogP contribution in [0.5, 0.6) is 5.75 Å². The lowest BCUT2D eigenvalue weighted by Crippen LogP contribution is -2.25. The van der Waals surface area contributed by atoms with Gasteiger partial charge in [-0.1, -0.05) is 11.6 Å². The molecule has 0 unspecified atom stereocenters. The van der Waals surface area contributed by atoms with Crippen LogP contribution in [0.25, 0.3) is 0 Å². The monoisotopic (exact) mass is 203 g/mol. The molecule has 0 fully saturated rings. The zero-order valence-corrected chi connectivity index (χ0v) is 8.60. The Labute approximate surface area is 88.9 Å². The molecular formula is C12H13NO2. The summed E-state index contributed by atoms with van der Waals surface area (Å²) in [4.78, 5) is 0. The van der Waals surface area contributed by atoms with Crippen molar-refractivity contribution in [1.82, 2.24) is 0 Å². The maximum Gasteiger partial charge on any atom is 0.125 e. The van der Waals surface area contributed by atoms with Crippen LogP contribution in [0.4, 0.5) is 0 Å². The van der Waals surface area contributed by atoms with Crippen LogP contribution in [0.2, 0.25) is 0 Å². The highest BCUT2D eigenvalue weighted by Gasteiger charge is 2.28. The molecule has 0 saturated carbocycles. The molecule has 0 aromatic heterocycles. The molecule has 2 rings (SSSR count). The normalized spacial score (nSPS) is 23.8. The van der Waals surface area contributed by atoms with E-state index in [-0.39, 0.29) is 5.92 Å². The lowest BCUT2D eigenvalue weighted by Gasteiger charge is -2.29. The summed E-state index contributed by atoms with van der Waals surface area (Å²) in [6, 6.07) is 7.82. The van der Waals surface area contributed by atoms with Crippen molar-refractivity contribution in [3.63, 3.8) is 0 Å². The Hall–Kier alpha value is -1.53. The summed E-state index contributed by atoms with van der Waals surface area (Å²) in [5, 5.41) is 18.7. The number of nitriles is 1. The van der Waals surface area contributed by atoms with Crippen LogP contribution in [-0.2, 0) is 0 Å². The number of benzene rings is 1. The summed E-state index contributed by atoms with van der Waals surface area (Å²) in [5.41, 5.74) is 1.90. The third kappa shape index (κ3) is 1.81. The number of hydrogen-bond donors (Lipinski definition) is 1. The van der Waals surface area contributed by atoms with Crippen molar-refractivity contribution >= 4 is 0 Å². The van der Waals surface area contributed by atoms with Gasteiger partial charge < -0.3 is 9.84 Å². The molecule has 15 heavy (non-hydrogen) atoms. The zero-order valence-electron chi connectivity index (χ0n) is 8.60. The molecule has 78 valence electrons. The molecule has 3 nitrogen and oxygen atoms in total. The average Bonchev–Trinajstić information content (AvgIpc) is 2.23. The molecule has 3 heteroatoms. The van der Waals surface area contributed by atoms with Gasteiger partial charge in [-0.05, 0) is 19.1 Å². The van der Waals surface area contributed by atoms with Gasteiger partial charge in [0.05, 0.1) is 18.8 Å². The maximum absolute atomic E-state index is 10.0. The first kappa shape index (κ1) is 10.0. The lowest BCUT2D eigenvalue weighted by atomic mass is 9.90. The van der Waals surface area contributed by atoms with Crippen LogP contribution in [0.1, 0.15) is 23.7 Å². The highest BCUT2D eigenvalue weighted by Crippen LogP contribution is 2.36. The van der Waals surface area contributed by atoms with Crippen molar-refractivity contribution in [3.8, 4) is 11.8 Å². The summed E-state index contributed by atoms with van der Waals surface area (Å²) >= 11 is 0. The SMILES string of the molecule is Cc1ccc2c(c1)[C@@H](O)[C@@H](CC#N)CO2. The molecule has 0 amide bonds. The van der Waals surface area contributed by atoms with E-state index in [1.54, 1.807) is 0 Å². The molecule has 0 radical (unpaired) electrons. The molecule has 0 bridgehead atoms. The van der Waals surface area contributed by atoms with Crippen LogP contribution >= 0.6 is 0 Å². The van der Waals surface area contributed by atoms with Crippen molar-refractivity contribution in [1.29, 1.82) is 5.26 Å². The quantitative estimate of drug-likeness (QED) is 0.759. The Morgan fingerprint density at radius 3 is 3.13 bits per heavy atom. The van der Waals surface area contributed by atoms with E-state index in [1.807, 2.05) is 25.1 Å². The molecule has 0 spiro atoms. The second-order valence-corrected chi connectivity index (χ2v) is 3.92. The Morgan fingerprint density at radius 1 is 1.60 bits per heavy atom.